The molecule has 1 unspecified atom stereocenters. The predicted octanol–water partition coefficient (Wildman–Crippen LogP) is -0.926. The Kier molecular flexibility index (Phi) is 2.59. The molecule has 1 fully saturated rings. The van der Waals surface area contributed by atoms with E-state index in [1.165, 1.54) is 0 Å². The summed E-state index contributed by atoms with van der Waals surface area (Å²) >= 11 is 0. The van der Waals surface area contributed by atoms with Crippen LogP contribution in [0.5, 0.6) is 0 Å². The molecule has 1 amide bonds. The maximum Gasteiger partial charge on any atom is 0.231 e. The fourth-order valence-electron chi connectivity index (χ4n) is 1.15. The maximum atomic E-state index is 10.9. The minimum Gasteiger partial charge on any atom is -0.396 e. The third kappa shape index (κ3) is 1.77. The number of ketones is 1. The molecule has 0 aromatic heterocycles. The van der Waals surface area contributed by atoms with E-state index in [0.29, 0.717) is 12.8 Å². The molecule has 1 saturated heterocycles. The van der Waals surface area contributed by atoms with E-state index in [9.17, 15) is 9.59 Å². The van der Waals surface area contributed by atoms with Crippen LogP contribution in [0.3, 0.4) is 0 Å². The van der Waals surface area contributed by atoms with Gasteiger partial charge in [-0.15, -0.1) is 0 Å². The van der Waals surface area contributed by atoms with Crippen LogP contribution in [0.1, 0.15) is 12.8 Å². The first-order valence-electron chi connectivity index (χ1n) is 3.67. The number of hydrogen-bond donors (Lipinski definition) is 2. The van der Waals surface area contributed by atoms with Gasteiger partial charge in [0.2, 0.25) is 5.91 Å². The van der Waals surface area contributed by atoms with Crippen LogP contribution in [0.15, 0.2) is 0 Å². The zero-order valence-corrected chi connectivity index (χ0v) is 6.17. The van der Waals surface area contributed by atoms with Crippen molar-refractivity contribution >= 4 is 11.7 Å². The van der Waals surface area contributed by atoms with Crippen LogP contribution in [-0.2, 0) is 9.59 Å². The monoisotopic (exact) mass is 157 g/mol. The molecule has 1 rings (SSSR count). The first-order chi connectivity index (χ1) is 5.25. The Bertz CT molecular complexity index is 163. The van der Waals surface area contributed by atoms with E-state index >= 15 is 0 Å². The zero-order valence-electron chi connectivity index (χ0n) is 6.17. The van der Waals surface area contributed by atoms with Crippen LogP contribution in [0.4, 0.5) is 0 Å². The molecule has 1 atom stereocenters. The Morgan fingerprint density at radius 1 is 1.55 bits per heavy atom. The van der Waals surface area contributed by atoms with Gasteiger partial charge in [-0.3, -0.25) is 9.59 Å². The van der Waals surface area contributed by atoms with E-state index < -0.39 is 5.92 Å². The second-order valence-corrected chi connectivity index (χ2v) is 2.60. The normalized spacial score (nSPS) is 23.9. The number of aliphatic hydroxyl groups excluding tert-OH is 1. The summed E-state index contributed by atoms with van der Waals surface area (Å²) in [4.78, 5) is 21.8. The van der Waals surface area contributed by atoms with Gasteiger partial charge in [0, 0.05) is 6.61 Å². The quantitative estimate of drug-likeness (QED) is 0.520. The fraction of sp³-hybridized carbons (Fsp3) is 0.714. The molecule has 1 heterocycles. The van der Waals surface area contributed by atoms with E-state index in [-0.39, 0.29) is 24.8 Å². The smallest absolute Gasteiger partial charge is 0.231 e. The van der Waals surface area contributed by atoms with Gasteiger partial charge in [-0.05, 0) is 12.8 Å². The second kappa shape index (κ2) is 3.48. The lowest BCUT2D eigenvalue weighted by atomic mass is 10.0. The van der Waals surface area contributed by atoms with Gasteiger partial charge in [0.25, 0.3) is 0 Å². The standard InChI is InChI=1S/C7H11NO3/c9-3-1-2-5-6(10)4-8-7(5)11/h5,9H,1-4H2,(H,8,11). The van der Waals surface area contributed by atoms with Crippen LogP contribution in [0.25, 0.3) is 0 Å². The van der Waals surface area contributed by atoms with Crippen molar-refractivity contribution in [3.8, 4) is 0 Å². The molecule has 1 aliphatic rings. The highest BCUT2D eigenvalue weighted by Gasteiger charge is 2.31. The topological polar surface area (TPSA) is 66.4 Å². The van der Waals surface area contributed by atoms with Gasteiger partial charge in [-0.25, -0.2) is 0 Å². The van der Waals surface area contributed by atoms with Gasteiger partial charge in [-0.2, -0.15) is 0 Å². The first kappa shape index (κ1) is 8.20. The number of carbonyl (C=O) groups excluding carboxylic acids is 2. The van der Waals surface area contributed by atoms with Crippen molar-refractivity contribution in [1.82, 2.24) is 5.32 Å². The van der Waals surface area contributed by atoms with E-state index in [2.05, 4.69) is 5.32 Å². The van der Waals surface area contributed by atoms with Gasteiger partial charge in [0.05, 0.1) is 12.5 Å². The van der Waals surface area contributed by atoms with E-state index in [4.69, 9.17) is 5.11 Å². The highest BCUT2D eigenvalue weighted by molar-refractivity contribution is 6.08. The minimum absolute atomic E-state index is 0.0388. The summed E-state index contributed by atoms with van der Waals surface area (Å²) in [6.07, 6.45) is 0.991. The molecule has 0 radical (unpaired) electrons. The minimum atomic E-state index is -0.498. The van der Waals surface area contributed by atoms with Crippen LogP contribution in [-0.4, -0.2) is 29.9 Å². The summed E-state index contributed by atoms with van der Waals surface area (Å²) in [5, 5.41) is 10.9. The Labute approximate surface area is 64.6 Å². The Morgan fingerprint density at radius 3 is 2.73 bits per heavy atom. The van der Waals surface area contributed by atoms with E-state index in [1.54, 1.807) is 0 Å². The van der Waals surface area contributed by atoms with Gasteiger partial charge in [0.1, 0.15) is 0 Å². The summed E-state index contributed by atoms with van der Waals surface area (Å²) in [6.45, 7) is 0.200. The lowest BCUT2D eigenvalue weighted by molar-refractivity contribution is -0.127. The molecular formula is C7H11NO3. The summed E-state index contributed by atoms with van der Waals surface area (Å²) in [6, 6.07) is 0. The molecule has 0 bridgehead atoms. The number of nitrogens with one attached hydrogen (secondary N) is 1. The Hall–Kier alpha value is -0.900. The zero-order chi connectivity index (χ0) is 8.27. The molecular weight excluding hydrogens is 146 g/mol. The summed E-state index contributed by atoms with van der Waals surface area (Å²) < 4.78 is 0. The first-order valence-corrected chi connectivity index (χ1v) is 3.67. The third-order valence-electron chi connectivity index (χ3n) is 1.79. The summed E-state index contributed by atoms with van der Waals surface area (Å²) in [5.41, 5.74) is 0. The maximum absolute atomic E-state index is 10.9. The molecule has 2 N–H and O–H groups in total. The van der Waals surface area contributed by atoms with Crippen molar-refractivity contribution in [3.63, 3.8) is 0 Å². The molecule has 1 aliphatic heterocycles. The van der Waals surface area contributed by atoms with Crippen molar-refractivity contribution in [3.05, 3.63) is 0 Å². The van der Waals surface area contributed by atoms with Crippen molar-refractivity contribution in [1.29, 1.82) is 0 Å². The third-order valence-corrected chi connectivity index (χ3v) is 1.79. The summed E-state index contributed by atoms with van der Waals surface area (Å²) in [5.74, 6) is -0.742. The van der Waals surface area contributed by atoms with Crippen LogP contribution in [0.2, 0.25) is 0 Å². The fourth-order valence-corrected chi connectivity index (χ4v) is 1.15. The van der Waals surface area contributed by atoms with Crippen molar-refractivity contribution in [2.24, 2.45) is 5.92 Å². The lowest BCUT2D eigenvalue weighted by Gasteiger charge is -2.01. The van der Waals surface area contributed by atoms with Crippen molar-refractivity contribution in [2.45, 2.75) is 12.8 Å². The van der Waals surface area contributed by atoms with Crippen LogP contribution < -0.4 is 5.32 Å². The molecule has 0 aliphatic carbocycles. The average Bonchev–Trinajstić information content (AvgIpc) is 2.29. The number of Topliss-reactive ketones (excluding diaryl/α,β-unsaturated/α-hetero) is 1. The van der Waals surface area contributed by atoms with Crippen LogP contribution >= 0.6 is 0 Å². The highest BCUT2D eigenvalue weighted by Crippen LogP contribution is 2.11. The molecule has 0 spiro atoms. The second-order valence-electron chi connectivity index (χ2n) is 2.60. The number of carbonyl (C=O) groups is 2. The number of hydrogen-bond acceptors (Lipinski definition) is 3. The van der Waals surface area contributed by atoms with Gasteiger partial charge in [0.15, 0.2) is 5.78 Å². The number of amides is 1. The van der Waals surface area contributed by atoms with Gasteiger partial charge in [-0.1, -0.05) is 0 Å². The Morgan fingerprint density at radius 2 is 2.27 bits per heavy atom. The number of aliphatic hydroxyl groups is 1. The predicted molar refractivity (Wildman–Crippen MR) is 37.8 cm³/mol. The van der Waals surface area contributed by atoms with E-state index in [0.717, 1.165) is 0 Å². The molecule has 0 saturated carbocycles. The molecule has 62 valence electrons. The van der Waals surface area contributed by atoms with Crippen molar-refractivity contribution in [2.75, 3.05) is 13.2 Å². The molecule has 0 aromatic rings. The molecule has 4 heteroatoms. The highest BCUT2D eigenvalue weighted by atomic mass is 16.3. The molecule has 0 aromatic carbocycles. The average molecular weight is 157 g/mol. The summed E-state index contributed by atoms with van der Waals surface area (Å²) in [7, 11) is 0. The lowest BCUT2D eigenvalue weighted by Crippen LogP contribution is -2.19. The van der Waals surface area contributed by atoms with Crippen LogP contribution in [0, 0.1) is 5.92 Å². The van der Waals surface area contributed by atoms with Gasteiger partial charge >= 0.3 is 0 Å². The molecule has 11 heavy (non-hydrogen) atoms. The SMILES string of the molecule is O=C1CNC(=O)C1CCCO. The number of rotatable bonds is 3. The Balaban J connectivity index is 2.41. The van der Waals surface area contributed by atoms with E-state index in [1.807, 2.05) is 0 Å². The largest absolute Gasteiger partial charge is 0.396 e. The molecule has 4 nitrogen and oxygen atoms in total. The van der Waals surface area contributed by atoms with Gasteiger partial charge < -0.3 is 10.4 Å². The van der Waals surface area contributed by atoms with Crippen molar-refractivity contribution < 1.29 is 14.7 Å².